The number of nitrogens with zero attached hydrogens (tertiary/aromatic N) is 1. The molecule has 0 spiro atoms. The number of nitro groups is 1. The van der Waals surface area contributed by atoms with Crippen LogP contribution < -0.4 is 10.1 Å². The van der Waals surface area contributed by atoms with Crippen molar-refractivity contribution in [1.82, 2.24) is 5.32 Å². The molecule has 0 aliphatic rings. The molecule has 1 amide bonds. The molecule has 2 aromatic carbocycles. The van der Waals surface area contributed by atoms with Crippen LogP contribution in [0, 0.1) is 10.1 Å². The van der Waals surface area contributed by atoms with Crippen LogP contribution in [0.5, 0.6) is 5.75 Å². The lowest BCUT2D eigenvalue weighted by Gasteiger charge is -2.08. The fourth-order valence-corrected chi connectivity index (χ4v) is 1.81. The summed E-state index contributed by atoms with van der Waals surface area (Å²) in [5.74, 6) is -0.278. The van der Waals surface area contributed by atoms with Crippen molar-refractivity contribution in [1.29, 1.82) is 0 Å². The summed E-state index contributed by atoms with van der Waals surface area (Å²) in [4.78, 5) is 21.8. The summed E-state index contributed by atoms with van der Waals surface area (Å²) in [7, 11) is 1.47. The zero-order valence-corrected chi connectivity index (χ0v) is 11.4. The fourth-order valence-electron chi connectivity index (χ4n) is 1.81. The van der Waals surface area contributed by atoms with E-state index in [4.69, 9.17) is 4.74 Å². The van der Waals surface area contributed by atoms with Crippen LogP contribution in [0.1, 0.15) is 0 Å². The lowest BCUT2D eigenvalue weighted by Crippen LogP contribution is -2.25. The third kappa shape index (κ3) is 3.56. The van der Waals surface area contributed by atoms with Crippen molar-refractivity contribution in [3.8, 4) is 16.9 Å². The number of amides is 1. The average Bonchev–Trinajstić information content (AvgIpc) is 2.53. The first kappa shape index (κ1) is 14.5. The molecular formula is C15H14N2O4. The minimum Gasteiger partial charge on any atom is -0.477 e. The van der Waals surface area contributed by atoms with Gasteiger partial charge in [0.25, 0.3) is 5.91 Å². The third-order valence-electron chi connectivity index (χ3n) is 2.90. The number of hydrogen-bond donors (Lipinski definition) is 1. The van der Waals surface area contributed by atoms with Crippen molar-refractivity contribution in [2.45, 2.75) is 0 Å². The molecule has 0 aliphatic carbocycles. The standard InChI is InChI=1S/C15H14N2O4/c1-16-15(18)10-21-14-8-7-12(9-13(14)17(19)20)11-5-3-2-4-6-11/h2-9H,10H2,1H3,(H,16,18). The predicted octanol–water partition coefficient (Wildman–Crippen LogP) is 2.39. The second kappa shape index (κ2) is 6.51. The van der Waals surface area contributed by atoms with Crippen molar-refractivity contribution in [3.63, 3.8) is 0 Å². The van der Waals surface area contributed by atoms with Crippen LogP contribution >= 0.6 is 0 Å². The number of nitro benzene ring substituents is 1. The highest BCUT2D eigenvalue weighted by Gasteiger charge is 2.17. The van der Waals surface area contributed by atoms with E-state index in [0.29, 0.717) is 0 Å². The van der Waals surface area contributed by atoms with Gasteiger partial charge in [-0.05, 0) is 17.2 Å². The Morgan fingerprint density at radius 3 is 2.52 bits per heavy atom. The van der Waals surface area contributed by atoms with Crippen LogP contribution in [0.15, 0.2) is 48.5 Å². The number of carbonyl (C=O) groups is 1. The average molecular weight is 286 g/mol. The molecule has 0 saturated carbocycles. The molecule has 2 aromatic rings. The Hall–Kier alpha value is -2.89. The molecule has 2 rings (SSSR count). The number of nitrogens with one attached hydrogen (secondary N) is 1. The minimum absolute atomic E-state index is 0.0725. The maximum atomic E-state index is 11.1. The van der Waals surface area contributed by atoms with Gasteiger partial charge in [0.05, 0.1) is 4.92 Å². The van der Waals surface area contributed by atoms with Crippen molar-refractivity contribution >= 4 is 11.6 Å². The maximum Gasteiger partial charge on any atom is 0.311 e. The van der Waals surface area contributed by atoms with Crippen LogP contribution in [0.25, 0.3) is 11.1 Å². The normalized spacial score (nSPS) is 9.95. The van der Waals surface area contributed by atoms with E-state index < -0.39 is 4.92 Å². The highest BCUT2D eigenvalue weighted by Crippen LogP contribution is 2.32. The van der Waals surface area contributed by atoms with Gasteiger partial charge >= 0.3 is 5.69 Å². The SMILES string of the molecule is CNC(=O)COc1ccc(-c2ccccc2)cc1[N+](=O)[O-]. The number of benzene rings is 2. The van der Waals surface area contributed by atoms with Crippen molar-refractivity contribution in [2.24, 2.45) is 0 Å². The van der Waals surface area contributed by atoms with Crippen molar-refractivity contribution in [3.05, 3.63) is 58.6 Å². The Kier molecular flexibility index (Phi) is 4.50. The zero-order chi connectivity index (χ0) is 15.2. The maximum absolute atomic E-state index is 11.1. The van der Waals surface area contributed by atoms with Gasteiger partial charge in [0.1, 0.15) is 0 Å². The summed E-state index contributed by atoms with van der Waals surface area (Å²) in [6.07, 6.45) is 0. The van der Waals surface area contributed by atoms with Crippen molar-refractivity contribution < 1.29 is 14.5 Å². The van der Waals surface area contributed by atoms with Gasteiger partial charge in [0, 0.05) is 13.1 Å². The van der Waals surface area contributed by atoms with Gasteiger partial charge in [-0.3, -0.25) is 14.9 Å². The molecule has 1 N–H and O–H groups in total. The summed E-state index contributed by atoms with van der Waals surface area (Å²) < 4.78 is 5.19. The van der Waals surface area contributed by atoms with Crippen LogP contribution in [0.2, 0.25) is 0 Å². The highest BCUT2D eigenvalue weighted by molar-refractivity contribution is 5.77. The summed E-state index contributed by atoms with van der Waals surface area (Å²) >= 11 is 0. The van der Waals surface area contributed by atoms with Gasteiger partial charge in [-0.1, -0.05) is 36.4 Å². The zero-order valence-electron chi connectivity index (χ0n) is 11.4. The Morgan fingerprint density at radius 1 is 1.19 bits per heavy atom. The Morgan fingerprint density at radius 2 is 1.90 bits per heavy atom. The number of ether oxygens (including phenoxy) is 1. The summed E-state index contributed by atoms with van der Waals surface area (Å²) in [6.45, 7) is -0.262. The van der Waals surface area contributed by atoms with Gasteiger partial charge in [0.2, 0.25) is 0 Å². The van der Waals surface area contributed by atoms with E-state index in [0.717, 1.165) is 11.1 Å². The Balaban J connectivity index is 2.31. The number of carbonyl (C=O) groups excluding carboxylic acids is 1. The molecule has 21 heavy (non-hydrogen) atoms. The summed E-state index contributed by atoms with van der Waals surface area (Å²) in [5.41, 5.74) is 1.42. The molecule has 0 fully saturated rings. The first-order valence-electron chi connectivity index (χ1n) is 6.29. The lowest BCUT2D eigenvalue weighted by molar-refractivity contribution is -0.385. The number of rotatable bonds is 5. The Labute approximate surface area is 121 Å². The first-order valence-corrected chi connectivity index (χ1v) is 6.29. The second-order valence-electron chi connectivity index (χ2n) is 4.27. The predicted molar refractivity (Wildman–Crippen MR) is 78.1 cm³/mol. The quantitative estimate of drug-likeness (QED) is 0.676. The van der Waals surface area contributed by atoms with Crippen molar-refractivity contribution in [2.75, 3.05) is 13.7 Å². The largest absolute Gasteiger partial charge is 0.477 e. The van der Waals surface area contributed by atoms with Gasteiger partial charge in [-0.2, -0.15) is 0 Å². The highest BCUT2D eigenvalue weighted by atomic mass is 16.6. The molecule has 0 aliphatic heterocycles. The van der Waals surface area contributed by atoms with Gasteiger partial charge in [0.15, 0.2) is 12.4 Å². The van der Waals surface area contributed by atoms with E-state index in [1.165, 1.54) is 19.2 Å². The van der Waals surface area contributed by atoms with E-state index in [-0.39, 0.29) is 24.0 Å². The molecular weight excluding hydrogens is 272 g/mol. The molecule has 6 nitrogen and oxygen atoms in total. The molecule has 6 heteroatoms. The Bertz CT molecular complexity index is 656. The smallest absolute Gasteiger partial charge is 0.311 e. The molecule has 0 radical (unpaired) electrons. The molecule has 0 bridgehead atoms. The van der Waals surface area contributed by atoms with E-state index in [1.807, 2.05) is 30.3 Å². The van der Waals surface area contributed by atoms with E-state index in [2.05, 4.69) is 5.32 Å². The summed E-state index contributed by atoms with van der Waals surface area (Å²) in [6, 6.07) is 14.0. The topological polar surface area (TPSA) is 81.5 Å². The van der Waals surface area contributed by atoms with Gasteiger partial charge in [-0.15, -0.1) is 0 Å². The number of likely N-dealkylation sites (N-methyl/N-ethyl adjacent to an activating group) is 1. The molecule has 108 valence electrons. The summed E-state index contributed by atoms with van der Waals surface area (Å²) in [5, 5.41) is 13.5. The first-order chi connectivity index (χ1) is 10.1. The van der Waals surface area contributed by atoms with Crippen LogP contribution in [-0.4, -0.2) is 24.5 Å². The lowest BCUT2D eigenvalue weighted by atomic mass is 10.0. The molecule has 0 unspecified atom stereocenters. The third-order valence-corrected chi connectivity index (χ3v) is 2.90. The van der Waals surface area contributed by atoms with E-state index in [1.54, 1.807) is 6.07 Å². The molecule has 0 aromatic heterocycles. The van der Waals surface area contributed by atoms with Crippen LogP contribution in [0.4, 0.5) is 5.69 Å². The van der Waals surface area contributed by atoms with E-state index in [9.17, 15) is 14.9 Å². The monoisotopic (exact) mass is 286 g/mol. The fraction of sp³-hybridized carbons (Fsp3) is 0.133. The molecule has 0 heterocycles. The van der Waals surface area contributed by atoms with Crippen LogP contribution in [0.3, 0.4) is 0 Å². The minimum atomic E-state index is -0.522. The van der Waals surface area contributed by atoms with Crippen LogP contribution in [-0.2, 0) is 4.79 Å². The molecule has 0 saturated heterocycles. The second-order valence-corrected chi connectivity index (χ2v) is 4.27. The van der Waals surface area contributed by atoms with E-state index >= 15 is 0 Å². The van der Waals surface area contributed by atoms with Gasteiger partial charge in [-0.25, -0.2) is 0 Å². The van der Waals surface area contributed by atoms with Gasteiger partial charge < -0.3 is 10.1 Å². The molecule has 0 atom stereocenters. The number of hydrogen-bond acceptors (Lipinski definition) is 4.